The lowest BCUT2D eigenvalue weighted by Crippen LogP contribution is -2.11. The molecule has 0 spiro atoms. The highest BCUT2D eigenvalue weighted by molar-refractivity contribution is 5.92. The Labute approximate surface area is 91.7 Å². The molecule has 0 aliphatic carbocycles. The Morgan fingerprint density at radius 2 is 2.00 bits per heavy atom. The lowest BCUT2D eigenvalue weighted by Gasteiger charge is -1.96. The zero-order chi connectivity index (χ0) is 11.4. The van der Waals surface area contributed by atoms with Gasteiger partial charge in [-0.15, -0.1) is 5.10 Å². The molecule has 0 aliphatic heterocycles. The molecule has 1 aromatic heterocycles. The summed E-state index contributed by atoms with van der Waals surface area (Å²) in [5.41, 5.74) is 7.55. The number of hydrogen-bond acceptors (Lipinski definition) is 4. The first-order valence-electron chi connectivity index (χ1n) is 4.59. The van der Waals surface area contributed by atoms with Crippen molar-refractivity contribution >= 4 is 23.2 Å². The number of aliphatic imine (C=N–C) groups is 1. The summed E-state index contributed by atoms with van der Waals surface area (Å²) in [5.74, 6) is 4.94. The minimum atomic E-state index is -0.00467. The number of benzene rings is 1. The summed E-state index contributed by atoms with van der Waals surface area (Å²) < 4.78 is 0. The second-order valence-corrected chi connectivity index (χ2v) is 3.03. The molecule has 6 nitrogen and oxygen atoms in total. The number of para-hydroxylation sites is 2. The third-order valence-corrected chi connectivity index (χ3v) is 1.93. The maximum atomic E-state index is 5.31. The van der Waals surface area contributed by atoms with Gasteiger partial charge >= 0.3 is 0 Å². The smallest absolute Gasteiger partial charge is 0.237 e. The molecule has 0 bridgehead atoms. The molecule has 4 N–H and O–H groups in total. The topological polar surface area (TPSA) is 103 Å². The molecule has 6 heteroatoms. The molecule has 0 radical (unpaired) electrons. The number of hydrogen-bond donors (Lipinski definition) is 2. The number of fused-ring (bicyclic) bond motifs is 1. The summed E-state index contributed by atoms with van der Waals surface area (Å²) in [7, 11) is 0. The van der Waals surface area contributed by atoms with Gasteiger partial charge in [0.2, 0.25) is 5.96 Å². The number of nitrogens with zero attached hydrogens (tertiary/aromatic N) is 4. The van der Waals surface area contributed by atoms with Crippen molar-refractivity contribution in [1.29, 1.82) is 0 Å². The minimum absolute atomic E-state index is 0.00467. The van der Waals surface area contributed by atoms with Gasteiger partial charge in [0.05, 0.1) is 23.4 Å². The molecule has 0 atom stereocenters. The zero-order valence-electron chi connectivity index (χ0n) is 8.41. The Kier molecular flexibility index (Phi) is 2.73. The molecule has 2 rings (SSSR count). The van der Waals surface area contributed by atoms with E-state index in [0.29, 0.717) is 5.69 Å². The van der Waals surface area contributed by atoms with E-state index in [4.69, 9.17) is 11.6 Å². The van der Waals surface area contributed by atoms with Crippen molar-refractivity contribution in [3.63, 3.8) is 0 Å². The van der Waals surface area contributed by atoms with E-state index in [-0.39, 0.29) is 5.96 Å². The average Bonchev–Trinajstić information content (AvgIpc) is 2.35. The summed E-state index contributed by atoms with van der Waals surface area (Å²) in [5, 5.41) is 3.21. The van der Waals surface area contributed by atoms with Crippen LogP contribution in [-0.2, 0) is 0 Å². The molecule has 1 heterocycles. The van der Waals surface area contributed by atoms with Crippen LogP contribution in [-0.4, -0.2) is 22.1 Å². The fourth-order valence-corrected chi connectivity index (χ4v) is 1.20. The van der Waals surface area contributed by atoms with E-state index in [1.807, 2.05) is 24.3 Å². The number of nitrogens with two attached hydrogens (primary N) is 2. The van der Waals surface area contributed by atoms with Crippen molar-refractivity contribution in [2.24, 2.45) is 21.7 Å². The van der Waals surface area contributed by atoms with E-state index in [1.165, 1.54) is 6.21 Å². The minimum Gasteiger partial charge on any atom is -0.367 e. The standard InChI is InChI=1S/C10H10N6/c11-10(16-12)14-6-7-5-13-8-3-1-2-4-9(8)15-7/h1-6H,12H2,(H2,11,16). The Bertz CT molecular complexity index is 560. The summed E-state index contributed by atoms with van der Waals surface area (Å²) >= 11 is 0. The highest BCUT2D eigenvalue weighted by Crippen LogP contribution is 2.07. The van der Waals surface area contributed by atoms with Crippen LogP contribution in [0.1, 0.15) is 5.69 Å². The average molecular weight is 214 g/mol. The number of rotatable bonds is 1. The first kappa shape index (κ1) is 10.0. The lowest BCUT2D eigenvalue weighted by atomic mass is 10.3. The summed E-state index contributed by atoms with van der Waals surface area (Å²) in [6, 6.07) is 7.57. The Morgan fingerprint density at radius 3 is 2.75 bits per heavy atom. The van der Waals surface area contributed by atoms with E-state index in [9.17, 15) is 0 Å². The number of aromatic nitrogens is 2. The quantitative estimate of drug-likeness (QED) is 0.307. The molecule has 0 fully saturated rings. The van der Waals surface area contributed by atoms with E-state index in [1.54, 1.807) is 6.20 Å². The molecule has 0 amide bonds. The van der Waals surface area contributed by atoms with Gasteiger partial charge in [-0.25, -0.2) is 9.98 Å². The predicted octanol–water partition coefficient (Wildman–Crippen LogP) is 0.237. The van der Waals surface area contributed by atoms with Crippen LogP contribution in [0.15, 0.2) is 40.6 Å². The predicted molar refractivity (Wildman–Crippen MR) is 62.9 cm³/mol. The van der Waals surface area contributed by atoms with Gasteiger partial charge in [0, 0.05) is 0 Å². The van der Waals surface area contributed by atoms with Gasteiger partial charge in [-0.05, 0) is 12.1 Å². The van der Waals surface area contributed by atoms with Crippen LogP contribution in [0.4, 0.5) is 0 Å². The molecule has 0 aliphatic rings. The van der Waals surface area contributed by atoms with Gasteiger partial charge < -0.3 is 11.6 Å². The zero-order valence-corrected chi connectivity index (χ0v) is 8.41. The van der Waals surface area contributed by atoms with Gasteiger partial charge in [-0.1, -0.05) is 12.1 Å². The van der Waals surface area contributed by atoms with Crippen molar-refractivity contribution in [3.8, 4) is 0 Å². The SMILES string of the molecule is NN=C(N)N=Cc1cnc2ccccc2n1. The van der Waals surface area contributed by atoms with Crippen LogP contribution in [0.25, 0.3) is 11.0 Å². The van der Waals surface area contributed by atoms with E-state index < -0.39 is 0 Å². The molecular weight excluding hydrogens is 204 g/mol. The van der Waals surface area contributed by atoms with Gasteiger partial charge in [0.1, 0.15) is 5.69 Å². The Morgan fingerprint density at radius 1 is 1.25 bits per heavy atom. The van der Waals surface area contributed by atoms with Crippen LogP contribution < -0.4 is 11.6 Å². The van der Waals surface area contributed by atoms with Crippen molar-refractivity contribution in [2.75, 3.05) is 0 Å². The second kappa shape index (κ2) is 4.35. The normalized spacial score (nSPS) is 12.4. The fourth-order valence-electron chi connectivity index (χ4n) is 1.20. The van der Waals surface area contributed by atoms with Crippen molar-refractivity contribution < 1.29 is 0 Å². The van der Waals surface area contributed by atoms with Crippen LogP contribution in [0.2, 0.25) is 0 Å². The third-order valence-electron chi connectivity index (χ3n) is 1.93. The maximum Gasteiger partial charge on any atom is 0.237 e. The number of hydrazone groups is 1. The van der Waals surface area contributed by atoms with Crippen LogP contribution >= 0.6 is 0 Å². The Balaban J connectivity index is 2.36. The first-order valence-corrected chi connectivity index (χ1v) is 4.59. The van der Waals surface area contributed by atoms with Crippen molar-refractivity contribution in [1.82, 2.24) is 9.97 Å². The van der Waals surface area contributed by atoms with Gasteiger partial charge in [0.25, 0.3) is 0 Å². The largest absolute Gasteiger partial charge is 0.367 e. The highest BCUT2D eigenvalue weighted by Gasteiger charge is 1.96. The first-order chi connectivity index (χ1) is 7.79. The Hall–Kier alpha value is -2.50. The third kappa shape index (κ3) is 2.11. The summed E-state index contributed by atoms with van der Waals surface area (Å²) in [4.78, 5) is 12.3. The van der Waals surface area contributed by atoms with Gasteiger partial charge in [-0.2, -0.15) is 0 Å². The monoisotopic (exact) mass is 214 g/mol. The molecule has 2 aromatic rings. The molecule has 0 unspecified atom stereocenters. The van der Waals surface area contributed by atoms with Gasteiger partial charge in [0.15, 0.2) is 0 Å². The lowest BCUT2D eigenvalue weighted by molar-refractivity contribution is 1.21. The van der Waals surface area contributed by atoms with E-state index >= 15 is 0 Å². The number of guanidine groups is 1. The summed E-state index contributed by atoms with van der Waals surface area (Å²) in [6.45, 7) is 0. The van der Waals surface area contributed by atoms with Crippen LogP contribution in [0, 0.1) is 0 Å². The molecular formula is C10H10N6. The fraction of sp³-hybridized carbons (Fsp3) is 0. The van der Waals surface area contributed by atoms with Crippen molar-refractivity contribution in [2.45, 2.75) is 0 Å². The van der Waals surface area contributed by atoms with Gasteiger partial charge in [-0.3, -0.25) is 4.98 Å². The molecule has 1 aromatic carbocycles. The molecule has 0 saturated heterocycles. The molecule has 0 saturated carbocycles. The van der Waals surface area contributed by atoms with E-state index in [2.05, 4.69) is 20.1 Å². The maximum absolute atomic E-state index is 5.31. The highest BCUT2D eigenvalue weighted by atomic mass is 15.2. The van der Waals surface area contributed by atoms with Crippen molar-refractivity contribution in [3.05, 3.63) is 36.2 Å². The van der Waals surface area contributed by atoms with Crippen LogP contribution in [0.3, 0.4) is 0 Å². The second-order valence-electron chi connectivity index (χ2n) is 3.03. The molecule has 16 heavy (non-hydrogen) atoms. The van der Waals surface area contributed by atoms with Crippen LogP contribution in [0.5, 0.6) is 0 Å². The molecule has 80 valence electrons. The summed E-state index contributed by atoms with van der Waals surface area (Å²) in [6.07, 6.45) is 3.07. The van der Waals surface area contributed by atoms with E-state index in [0.717, 1.165) is 11.0 Å².